The molecule has 3 nitrogen and oxygen atoms in total. The zero-order valence-corrected chi connectivity index (χ0v) is 11.7. The lowest BCUT2D eigenvalue weighted by atomic mass is 10.1. The molecule has 0 saturated heterocycles. The van der Waals surface area contributed by atoms with Gasteiger partial charge in [0.05, 0.1) is 17.8 Å². The molecule has 0 bridgehead atoms. The summed E-state index contributed by atoms with van der Waals surface area (Å²) in [7, 11) is 0. The maximum atomic E-state index is 13.5. The monoisotopic (exact) mass is 335 g/mol. The van der Waals surface area contributed by atoms with Crippen LogP contribution in [-0.2, 0) is 12.7 Å². The number of anilines is 1. The number of nitriles is 1. The molecule has 110 valence electrons. The molecular formula is C12H6ClF4N3S. The van der Waals surface area contributed by atoms with Crippen molar-refractivity contribution in [3.05, 3.63) is 44.6 Å². The molecule has 0 unspecified atom stereocenters. The third-order valence-electron chi connectivity index (χ3n) is 2.54. The van der Waals surface area contributed by atoms with Crippen LogP contribution in [-0.4, -0.2) is 4.98 Å². The van der Waals surface area contributed by atoms with Crippen LogP contribution < -0.4 is 5.32 Å². The maximum Gasteiger partial charge on any atom is 0.418 e. The first-order chi connectivity index (χ1) is 9.82. The number of alkyl halides is 3. The lowest BCUT2D eigenvalue weighted by molar-refractivity contribution is -0.137. The molecule has 9 heteroatoms. The Morgan fingerprint density at radius 1 is 1.38 bits per heavy atom. The molecule has 0 aliphatic rings. The Morgan fingerprint density at radius 3 is 2.62 bits per heavy atom. The van der Waals surface area contributed by atoms with Gasteiger partial charge in [0.15, 0.2) is 4.47 Å². The molecule has 2 rings (SSSR count). The highest BCUT2D eigenvalue weighted by Crippen LogP contribution is 2.37. The van der Waals surface area contributed by atoms with E-state index in [1.807, 2.05) is 0 Å². The summed E-state index contributed by atoms with van der Waals surface area (Å²) in [5.41, 5.74) is -2.37. The minimum atomic E-state index is -4.70. The number of halogens is 5. The van der Waals surface area contributed by atoms with Crippen molar-refractivity contribution < 1.29 is 17.6 Å². The molecule has 0 aliphatic heterocycles. The van der Waals surface area contributed by atoms with Crippen LogP contribution in [0.1, 0.15) is 16.0 Å². The number of aromatic nitrogens is 1. The van der Waals surface area contributed by atoms with Crippen molar-refractivity contribution in [3.8, 4) is 6.07 Å². The van der Waals surface area contributed by atoms with Gasteiger partial charge in [-0.05, 0) is 12.1 Å². The number of benzene rings is 1. The summed E-state index contributed by atoms with van der Waals surface area (Å²) in [5, 5.41) is 11.3. The van der Waals surface area contributed by atoms with Gasteiger partial charge in [0.25, 0.3) is 0 Å². The predicted molar refractivity (Wildman–Crippen MR) is 70.6 cm³/mol. The molecule has 0 radical (unpaired) electrons. The molecule has 0 atom stereocenters. The molecule has 1 N–H and O–H groups in total. The lowest BCUT2D eigenvalue weighted by Crippen LogP contribution is -2.13. The molecule has 1 aromatic heterocycles. The zero-order valence-electron chi connectivity index (χ0n) is 10.1. The summed E-state index contributed by atoms with van der Waals surface area (Å²) < 4.78 is 52.5. The summed E-state index contributed by atoms with van der Waals surface area (Å²) in [4.78, 5) is 4.30. The van der Waals surface area contributed by atoms with Gasteiger partial charge in [0.1, 0.15) is 17.4 Å². The summed E-state index contributed by atoms with van der Waals surface area (Å²) in [6, 6.07) is 2.66. The fourth-order valence-electron chi connectivity index (χ4n) is 1.65. The highest BCUT2D eigenvalue weighted by Gasteiger charge is 2.35. The summed E-state index contributed by atoms with van der Waals surface area (Å²) in [6.45, 7) is -0.0500. The predicted octanol–water partition coefficient (Wildman–Crippen LogP) is 4.44. The Morgan fingerprint density at radius 2 is 2.10 bits per heavy atom. The van der Waals surface area contributed by atoms with Gasteiger partial charge >= 0.3 is 6.18 Å². The SMILES string of the molecule is N#Cc1c(F)ccc(C(F)(F)F)c1NCc1cnc(Cl)s1. The van der Waals surface area contributed by atoms with E-state index in [-0.39, 0.29) is 11.0 Å². The van der Waals surface area contributed by atoms with E-state index in [0.29, 0.717) is 17.0 Å². The Labute approximate surface area is 125 Å². The van der Waals surface area contributed by atoms with Crippen LogP contribution in [0.2, 0.25) is 4.47 Å². The number of thiazole rings is 1. The Hall–Kier alpha value is -1.85. The van der Waals surface area contributed by atoms with E-state index in [0.717, 1.165) is 11.3 Å². The van der Waals surface area contributed by atoms with E-state index >= 15 is 0 Å². The maximum absolute atomic E-state index is 13.5. The molecule has 21 heavy (non-hydrogen) atoms. The second kappa shape index (κ2) is 5.87. The Kier molecular flexibility index (Phi) is 4.34. The number of rotatable bonds is 3. The van der Waals surface area contributed by atoms with Crippen LogP contribution in [0.5, 0.6) is 0 Å². The first-order valence-corrected chi connectivity index (χ1v) is 6.66. The van der Waals surface area contributed by atoms with Crippen molar-refractivity contribution in [1.29, 1.82) is 5.26 Å². The van der Waals surface area contributed by atoms with Gasteiger partial charge in [0.2, 0.25) is 0 Å². The molecule has 0 saturated carbocycles. The van der Waals surface area contributed by atoms with Gasteiger partial charge in [-0.1, -0.05) is 11.6 Å². The van der Waals surface area contributed by atoms with E-state index in [9.17, 15) is 17.6 Å². The van der Waals surface area contributed by atoms with E-state index < -0.39 is 28.8 Å². The standard InChI is InChI=1S/C12H6ClF4N3S/c13-11-20-5-6(21-11)4-19-10-7(3-18)9(14)2-1-8(10)12(15,16)17/h1-2,5,19H,4H2. The van der Waals surface area contributed by atoms with E-state index in [1.54, 1.807) is 0 Å². The van der Waals surface area contributed by atoms with Crippen molar-refractivity contribution in [1.82, 2.24) is 4.98 Å². The van der Waals surface area contributed by atoms with Crippen LogP contribution >= 0.6 is 22.9 Å². The van der Waals surface area contributed by atoms with Gasteiger partial charge in [0, 0.05) is 11.1 Å². The van der Waals surface area contributed by atoms with E-state index in [2.05, 4.69) is 10.3 Å². The number of nitrogens with zero attached hydrogens (tertiary/aromatic N) is 2. The molecular weight excluding hydrogens is 330 g/mol. The van der Waals surface area contributed by atoms with Gasteiger partial charge in [-0.3, -0.25) is 0 Å². The second-order valence-electron chi connectivity index (χ2n) is 3.89. The van der Waals surface area contributed by atoms with Gasteiger partial charge < -0.3 is 5.32 Å². The smallest absolute Gasteiger partial charge is 0.378 e. The van der Waals surface area contributed by atoms with E-state index in [4.69, 9.17) is 16.9 Å². The third kappa shape index (κ3) is 3.43. The van der Waals surface area contributed by atoms with E-state index in [1.165, 1.54) is 12.3 Å². The summed E-state index contributed by atoms with van der Waals surface area (Å²) in [5.74, 6) is -1.02. The third-order valence-corrected chi connectivity index (χ3v) is 3.65. The average molecular weight is 336 g/mol. The number of hydrogen-bond donors (Lipinski definition) is 1. The minimum Gasteiger partial charge on any atom is -0.378 e. The van der Waals surface area contributed by atoms with Crippen LogP contribution in [0.3, 0.4) is 0 Å². The quantitative estimate of drug-likeness (QED) is 0.844. The molecule has 0 amide bonds. The Bertz CT molecular complexity index is 706. The van der Waals surface area contributed by atoms with Crippen LogP contribution in [0.4, 0.5) is 23.2 Å². The topological polar surface area (TPSA) is 48.7 Å². The molecule has 2 aromatic rings. The fourth-order valence-corrected chi connectivity index (χ4v) is 2.56. The largest absolute Gasteiger partial charge is 0.418 e. The fraction of sp³-hybridized carbons (Fsp3) is 0.167. The molecule has 0 spiro atoms. The van der Waals surface area contributed by atoms with Crippen LogP contribution in [0.15, 0.2) is 18.3 Å². The van der Waals surface area contributed by atoms with Crippen LogP contribution in [0.25, 0.3) is 0 Å². The molecule has 1 aromatic carbocycles. The van der Waals surface area contributed by atoms with Gasteiger partial charge in [-0.15, -0.1) is 11.3 Å². The zero-order chi connectivity index (χ0) is 15.6. The highest BCUT2D eigenvalue weighted by atomic mass is 35.5. The minimum absolute atomic E-state index is 0.0500. The number of nitrogens with one attached hydrogen (secondary N) is 1. The van der Waals surface area contributed by atoms with Gasteiger partial charge in [-0.2, -0.15) is 18.4 Å². The van der Waals surface area contributed by atoms with Crippen molar-refractivity contribution in [2.45, 2.75) is 12.7 Å². The van der Waals surface area contributed by atoms with Gasteiger partial charge in [-0.25, -0.2) is 9.37 Å². The average Bonchev–Trinajstić information content (AvgIpc) is 2.80. The normalized spacial score (nSPS) is 11.2. The first kappa shape index (κ1) is 15.5. The van der Waals surface area contributed by atoms with Crippen molar-refractivity contribution in [3.63, 3.8) is 0 Å². The molecule has 1 heterocycles. The first-order valence-electron chi connectivity index (χ1n) is 5.47. The van der Waals surface area contributed by atoms with Crippen molar-refractivity contribution in [2.24, 2.45) is 0 Å². The summed E-state index contributed by atoms with van der Waals surface area (Å²) >= 11 is 6.69. The Balaban J connectivity index is 2.40. The second-order valence-corrected chi connectivity index (χ2v) is 5.58. The molecule has 0 aliphatic carbocycles. The summed E-state index contributed by atoms with van der Waals surface area (Å²) in [6.07, 6.45) is -3.31. The van der Waals surface area contributed by atoms with Crippen molar-refractivity contribution >= 4 is 28.6 Å². The highest BCUT2D eigenvalue weighted by molar-refractivity contribution is 7.15. The van der Waals surface area contributed by atoms with Crippen LogP contribution in [0, 0.1) is 17.1 Å². The van der Waals surface area contributed by atoms with Crippen molar-refractivity contribution in [2.75, 3.05) is 5.32 Å². The number of hydrogen-bond acceptors (Lipinski definition) is 4. The lowest BCUT2D eigenvalue weighted by Gasteiger charge is -2.15. The molecule has 0 fully saturated rings.